The van der Waals surface area contributed by atoms with E-state index in [4.69, 9.17) is 10.5 Å². The van der Waals surface area contributed by atoms with Crippen LogP contribution >= 0.6 is 0 Å². The van der Waals surface area contributed by atoms with Crippen LogP contribution in [0.5, 0.6) is 5.75 Å². The van der Waals surface area contributed by atoms with Gasteiger partial charge in [0.2, 0.25) is 5.95 Å². The molecule has 0 saturated carbocycles. The van der Waals surface area contributed by atoms with Crippen LogP contribution in [0.15, 0.2) is 24.4 Å². The van der Waals surface area contributed by atoms with Crippen molar-refractivity contribution in [3.05, 3.63) is 35.5 Å². The summed E-state index contributed by atoms with van der Waals surface area (Å²) in [6.45, 7) is 4.03. The summed E-state index contributed by atoms with van der Waals surface area (Å²) in [6.07, 6.45) is 1.66. The van der Waals surface area contributed by atoms with Gasteiger partial charge in [-0.1, -0.05) is 0 Å². The van der Waals surface area contributed by atoms with E-state index in [1.807, 2.05) is 32.0 Å². The summed E-state index contributed by atoms with van der Waals surface area (Å²) >= 11 is 0. The summed E-state index contributed by atoms with van der Waals surface area (Å²) in [5.41, 5.74) is 9.60. The lowest BCUT2D eigenvalue weighted by molar-refractivity contribution is 0.408. The number of nitrogens with zero attached hydrogens (tertiary/aromatic N) is 2. The zero-order chi connectivity index (χ0) is 12.4. The van der Waals surface area contributed by atoms with Gasteiger partial charge in [-0.2, -0.15) is 0 Å². The topological polar surface area (TPSA) is 61.0 Å². The van der Waals surface area contributed by atoms with Crippen LogP contribution in [0.2, 0.25) is 0 Å². The molecule has 1 heterocycles. The van der Waals surface area contributed by atoms with Gasteiger partial charge in [-0.05, 0) is 43.2 Å². The Morgan fingerprint density at radius 1 is 1.18 bits per heavy atom. The Hall–Kier alpha value is -2.10. The third-order valence-electron chi connectivity index (χ3n) is 2.63. The van der Waals surface area contributed by atoms with Crippen molar-refractivity contribution in [1.29, 1.82) is 0 Å². The molecule has 0 aliphatic carbocycles. The molecule has 0 saturated heterocycles. The normalized spacial score (nSPS) is 10.3. The van der Waals surface area contributed by atoms with E-state index in [-0.39, 0.29) is 5.95 Å². The third kappa shape index (κ3) is 2.20. The minimum atomic E-state index is 0.286. The highest BCUT2D eigenvalue weighted by Crippen LogP contribution is 2.28. The second-order valence-electron chi connectivity index (χ2n) is 3.94. The monoisotopic (exact) mass is 229 g/mol. The quantitative estimate of drug-likeness (QED) is 0.858. The molecule has 88 valence electrons. The third-order valence-corrected chi connectivity index (χ3v) is 2.63. The molecule has 0 aliphatic rings. The Labute approximate surface area is 100 Å². The van der Waals surface area contributed by atoms with Gasteiger partial charge in [-0.15, -0.1) is 0 Å². The fourth-order valence-electron chi connectivity index (χ4n) is 1.95. The van der Waals surface area contributed by atoms with Crippen LogP contribution in [0, 0.1) is 13.8 Å². The number of ether oxygens (including phenoxy) is 1. The summed E-state index contributed by atoms with van der Waals surface area (Å²) in [5, 5.41) is 0. The van der Waals surface area contributed by atoms with Gasteiger partial charge in [-0.25, -0.2) is 9.97 Å². The van der Waals surface area contributed by atoms with Crippen LogP contribution in [0.25, 0.3) is 11.3 Å². The van der Waals surface area contributed by atoms with Crippen LogP contribution in [-0.2, 0) is 0 Å². The van der Waals surface area contributed by atoms with Crippen LogP contribution in [0.3, 0.4) is 0 Å². The van der Waals surface area contributed by atoms with Crippen molar-refractivity contribution in [3.8, 4) is 17.0 Å². The van der Waals surface area contributed by atoms with E-state index in [1.165, 1.54) is 0 Å². The number of aromatic nitrogens is 2. The first-order chi connectivity index (χ1) is 8.11. The van der Waals surface area contributed by atoms with E-state index in [1.54, 1.807) is 13.3 Å². The maximum atomic E-state index is 5.58. The van der Waals surface area contributed by atoms with Gasteiger partial charge in [0.05, 0.1) is 12.8 Å². The number of hydrogen-bond acceptors (Lipinski definition) is 4. The van der Waals surface area contributed by atoms with E-state index in [0.717, 1.165) is 28.1 Å². The number of anilines is 1. The van der Waals surface area contributed by atoms with Crippen molar-refractivity contribution in [3.63, 3.8) is 0 Å². The minimum absolute atomic E-state index is 0.286. The SMILES string of the molecule is COc1c(C)cc(-c2ccnc(N)n2)cc1C. The fraction of sp³-hybridized carbons (Fsp3) is 0.231. The van der Waals surface area contributed by atoms with Crippen molar-refractivity contribution >= 4 is 5.95 Å². The van der Waals surface area contributed by atoms with Gasteiger partial charge in [0.15, 0.2) is 0 Å². The molecule has 2 rings (SSSR count). The molecule has 4 heteroatoms. The highest BCUT2D eigenvalue weighted by atomic mass is 16.5. The average molecular weight is 229 g/mol. The Balaban J connectivity index is 2.54. The number of benzene rings is 1. The lowest BCUT2D eigenvalue weighted by Crippen LogP contribution is -1.97. The number of hydrogen-bond donors (Lipinski definition) is 1. The fourth-order valence-corrected chi connectivity index (χ4v) is 1.95. The van der Waals surface area contributed by atoms with Crippen LogP contribution < -0.4 is 10.5 Å². The molecule has 4 nitrogen and oxygen atoms in total. The lowest BCUT2D eigenvalue weighted by atomic mass is 10.0. The zero-order valence-corrected chi connectivity index (χ0v) is 10.2. The summed E-state index contributed by atoms with van der Waals surface area (Å²) < 4.78 is 5.33. The van der Waals surface area contributed by atoms with E-state index in [0.29, 0.717) is 0 Å². The van der Waals surface area contributed by atoms with E-state index >= 15 is 0 Å². The van der Waals surface area contributed by atoms with E-state index in [2.05, 4.69) is 9.97 Å². The molecule has 0 bridgehead atoms. The number of nitrogens with two attached hydrogens (primary N) is 1. The first kappa shape index (κ1) is 11.4. The van der Waals surface area contributed by atoms with Gasteiger partial charge in [0, 0.05) is 11.8 Å². The molecule has 2 aromatic rings. The van der Waals surface area contributed by atoms with E-state index < -0.39 is 0 Å². The Kier molecular flexibility index (Phi) is 2.95. The lowest BCUT2D eigenvalue weighted by Gasteiger charge is -2.11. The van der Waals surface area contributed by atoms with Crippen molar-refractivity contribution in [2.24, 2.45) is 0 Å². The molecular weight excluding hydrogens is 214 g/mol. The molecule has 0 atom stereocenters. The Bertz CT molecular complexity index is 529. The van der Waals surface area contributed by atoms with Crippen molar-refractivity contribution in [1.82, 2.24) is 9.97 Å². The predicted molar refractivity (Wildman–Crippen MR) is 67.9 cm³/mol. The summed E-state index contributed by atoms with van der Waals surface area (Å²) in [5.74, 6) is 1.20. The molecule has 0 aliphatic heterocycles. The van der Waals surface area contributed by atoms with Crippen molar-refractivity contribution in [2.75, 3.05) is 12.8 Å². The Morgan fingerprint density at radius 2 is 1.82 bits per heavy atom. The predicted octanol–water partition coefficient (Wildman–Crippen LogP) is 2.35. The second kappa shape index (κ2) is 4.41. The van der Waals surface area contributed by atoms with Gasteiger partial charge in [0.25, 0.3) is 0 Å². The molecule has 17 heavy (non-hydrogen) atoms. The smallest absolute Gasteiger partial charge is 0.220 e. The van der Waals surface area contributed by atoms with Crippen molar-refractivity contribution < 1.29 is 4.74 Å². The molecular formula is C13H15N3O. The maximum Gasteiger partial charge on any atom is 0.220 e. The molecule has 1 aromatic carbocycles. The van der Waals surface area contributed by atoms with Crippen LogP contribution in [-0.4, -0.2) is 17.1 Å². The summed E-state index contributed by atoms with van der Waals surface area (Å²) in [4.78, 5) is 8.09. The molecule has 0 radical (unpaired) electrons. The molecule has 0 amide bonds. The number of methoxy groups -OCH3 is 1. The van der Waals surface area contributed by atoms with Gasteiger partial charge in [-0.3, -0.25) is 0 Å². The van der Waals surface area contributed by atoms with Crippen LogP contribution in [0.1, 0.15) is 11.1 Å². The highest BCUT2D eigenvalue weighted by Gasteiger charge is 2.07. The van der Waals surface area contributed by atoms with Gasteiger partial charge < -0.3 is 10.5 Å². The minimum Gasteiger partial charge on any atom is -0.496 e. The van der Waals surface area contributed by atoms with Gasteiger partial charge >= 0.3 is 0 Å². The average Bonchev–Trinajstić information content (AvgIpc) is 2.28. The zero-order valence-electron chi connectivity index (χ0n) is 10.2. The number of rotatable bonds is 2. The molecule has 1 aromatic heterocycles. The summed E-state index contributed by atoms with van der Waals surface area (Å²) in [7, 11) is 1.68. The van der Waals surface area contributed by atoms with E-state index in [9.17, 15) is 0 Å². The number of nitrogen functional groups attached to an aromatic ring is 1. The molecule has 0 unspecified atom stereocenters. The standard InChI is InChI=1S/C13H15N3O/c1-8-6-10(7-9(2)12(8)17-3)11-4-5-15-13(14)16-11/h4-7H,1-3H3,(H2,14,15,16). The second-order valence-corrected chi connectivity index (χ2v) is 3.94. The summed E-state index contributed by atoms with van der Waals surface area (Å²) in [6, 6.07) is 5.91. The largest absolute Gasteiger partial charge is 0.496 e. The maximum absolute atomic E-state index is 5.58. The molecule has 0 fully saturated rings. The van der Waals surface area contributed by atoms with Crippen LogP contribution in [0.4, 0.5) is 5.95 Å². The number of aryl methyl sites for hydroxylation is 2. The van der Waals surface area contributed by atoms with Gasteiger partial charge in [0.1, 0.15) is 5.75 Å². The Morgan fingerprint density at radius 3 is 2.35 bits per heavy atom. The van der Waals surface area contributed by atoms with Crippen molar-refractivity contribution in [2.45, 2.75) is 13.8 Å². The molecule has 2 N–H and O–H groups in total. The molecule has 0 spiro atoms. The highest BCUT2D eigenvalue weighted by molar-refractivity contribution is 5.64. The first-order valence-corrected chi connectivity index (χ1v) is 5.36. The first-order valence-electron chi connectivity index (χ1n) is 5.36.